The Morgan fingerprint density at radius 1 is 0.966 bits per heavy atom. The maximum atomic E-state index is 11.5. The minimum absolute atomic E-state index is 0.296. The van der Waals surface area contributed by atoms with Crippen LogP contribution in [0.25, 0.3) is 11.1 Å². The molecule has 0 saturated carbocycles. The second kappa shape index (κ2) is 11.1. The largest absolute Gasteiger partial charge is 0.481 e. The molecule has 0 aliphatic heterocycles. The number of aliphatic carboxylic acids is 2. The van der Waals surface area contributed by atoms with Gasteiger partial charge in [-0.3, -0.25) is 9.59 Å². The van der Waals surface area contributed by atoms with Gasteiger partial charge in [-0.1, -0.05) is 42.5 Å². The summed E-state index contributed by atoms with van der Waals surface area (Å²) in [5.74, 6) is -1.55. The van der Waals surface area contributed by atoms with Crippen LogP contribution < -0.4 is 5.32 Å². The van der Waals surface area contributed by atoms with E-state index in [9.17, 15) is 14.4 Å². The van der Waals surface area contributed by atoms with Gasteiger partial charge < -0.3 is 20.3 Å². The highest BCUT2D eigenvalue weighted by atomic mass is 32.1. The minimum Gasteiger partial charge on any atom is -0.481 e. The number of ether oxygens (including phenoxy) is 1. The SMILES string of the molecule is O=C(NCCS)OCc1cccc2c1Cc1ccccc1-2.O=C(O)CCC(=O)O. The quantitative estimate of drug-likeness (QED) is 0.439. The first-order valence-corrected chi connectivity index (χ1v) is 9.69. The van der Waals surface area contributed by atoms with Crippen LogP contribution >= 0.6 is 12.6 Å². The third kappa shape index (κ3) is 6.83. The Bertz CT molecular complexity index is 869. The second-order valence-electron chi connectivity index (χ2n) is 6.29. The van der Waals surface area contributed by atoms with E-state index >= 15 is 0 Å². The van der Waals surface area contributed by atoms with Gasteiger partial charge in [-0.15, -0.1) is 0 Å². The van der Waals surface area contributed by atoms with Crippen molar-refractivity contribution < 1.29 is 29.3 Å². The maximum Gasteiger partial charge on any atom is 0.407 e. The lowest BCUT2D eigenvalue weighted by molar-refractivity contribution is -0.143. The number of fused-ring (bicyclic) bond motifs is 3. The molecule has 3 rings (SSSR count). The predicted molar refractivity (Wildman–Crippen MR) is 111 cm³/mol. The van der Waals surface area contributed by atoms with Crippen molar-refractivity contribution in [3.63, 3.8) is 0 Å². The molecule has 2 aromatic carbocycles. The topological polar surface area (TPSA) is 113 Å². The molecule has 1 aliphatic carbocycles. The number of nitrogens with one attached hydrogen (secondary N) is 1. The Hall–Kier alpha value is -3.00. The number of carbonyl (C=O) groups is 3. The van der Waals surface area contributed by atoms with Crippen LogP contribution in [0, 0.1) is 0 Å². The first-order valence-electron chi connectivity index (χ1n) is 9.06. The molecule has 0 radical (unpaired) electrons. The van der Waals surface area contributed by atoms with Crippen molar-refractivity contribution in [3.8, 4) is 11.1 Å². The average molecular weight is 417 g/mol. The highest BCUT2D eigenvalue weighted by Gasteiger charge is 2.20. The lowest BCUT2D eigenvalue weighted by atomic mass is 10.0. The molecule has 3 N–H and O–H groups in total. The number of alkyl carbamates (subject to hydrolysis) is 1. The summed E-state index contributed by atoms with van der Waals surface area (Å²) in [7, 11) is 0. The number of hydrogen-bond acceptors (Lipinski definition) is 5. The first kappa shape index (κ1) is 22.3. The van der Waals surface area contributed by atoms with E-state index in [2.05, 4.69) is 48.3 Å². The van der Waals surface area contributed by atoms with Crippen LogP contribution in [0.5, 0.6) is 0 Å². The Balaban J connectivity index is 0.000000321. The van der Waals surface area contributed by atoms with E-state index < -0.39 is 18.0 Å². The van der Waals surface area contributed by atoms with Gasteiger partial charge in [-0.25, -0.2) is 4.79 Å². The van der Waals surface area contributed by atoms with Crippen molar-refractivity contribution in [2.45, 2.75) is 25.9 Å². The zero-order chi connectivity index (χ0) is 21.2. The number of hydrogen-bond donors (Lipinski definition) is 4. The molecule has 0 spiro atoms. The molecule has 0 fully saturated rings. The third-order valence-electron chi connectivity index (χ3n) is 4.24. The van der Waals surface area contributed by atoms with Crippen molar-refractivity contribution in [2.75, 3.05) is 12.3 Å². The Morgan fingerprint density at radius 3 is 2.28 bits per heavy atom. The van der Waals surface area contributed by atoms with Gasteiger partial charge in [0.05, 0.1) is 12.8 Å². The van der Waals surface area contributed by atoms with Gasteiger partial charge in [-0.05, 0) is 34.2 Å². The van der Waals surface area contributed by atoms with Crippen molar-refractivity contribution in [2.24, 2.45) is 0 Å². The number of thiol groups is 1. The van der Waals surface area contributed by atoms with E-state index in [1.807, 2.05) is 12.1 Å². The summed E-state index contributed by atoms with van der Waals surface area (Å²) >= 11 is 4.04. The summed E-state index contributed by atoms with van der Waals surface area (Å²) in [6.45, 7) is 0.815. The highest BCUT2D eigenvalue weighted by molar-refractivity contribution is 7.80. The second-order valence-corrected chi connectivity index (χ2v) is 6.74. The first-order chi connectivity index (χ1) is 13.9. The lowest BCUT2D eigenvalue weighted by Gasteiger charge is -2.10. The lowest BCUT2D eigenvalue weighted by Crippen LogP contribution is -2.26. The van der Waals surface area contributed by atoms with Crippen molar-refractivity contribution in [1.82, 2.24) is 5.32 Å². The maximum absolute atomic E-state index is 11.5. The van der Waals surface area contributed by atoms with E-state index in [1.54, 1.807) is 0 Å². The summed E-state index contributed by atoms with van der Waals surface area (Å²) in [6.07, 6.45) is -0.0781. The van der Waals surface area contributed by atoms with Crippen LogP contribution in [0.1, 0.15) is 29.5 Å². The predicted octanol–water partition coefficient (Wildman–Crippen LogP) is 3.35. The molecule has 7 nitrogen and oxygen atoms in total. The van der Waals surface area contributed by atoms with E-state index in [4.69, 9.17) is 14.9 Å². The highest BCUT2D eigenvalue weighted by Crippen LogP contribution is 2.38. The normalized spacial score (nSPS) is 10.8. The molecule has 2 aromatic rings. The molecule has 154 valence electrons. The van der Waals surface area contributed by atoms with E-state index in [0.717, 1.165) is 12.0 Å². The van der Waals surface area contributed by atoms with Gasteiger partial charge in [0.15, 0.2) is 0 Å². The zero-order valence-electron chi connectivity index (χ0n) is 15.8. The van der Waals surface area contributed by atoms with Gasteiger partial charge in [0.1, 0.15) is 6.61 Å². The van der Waals surface area contributed by atoms with Crippen molar-refractivity contribution >= 4 is 30.7 Å². The number of carbonyl (C=O) groups excluding carboxylic acids is 1. The molecule has 0 heterocycles. The molecule has 1 amide bonds. The summed E-state index contributed by atoms with van der Waals surface area (Å²) in [4.78, 5) is 30.8. The van der Waals surface area contributed by atoms with Gasteiger partial charge in [-0.2, -0.15) is 12.6 Å². The van der Waals surface area contributed by atoms with E-state index in [1.165, 1.54) is 22.3 Å². The van der Waals surface area contributed by atoms with Crippen LogP contribution in [0.4, 0.5) is 4.79 Å². The number of benzene rings is 2. The fourth-order valence-corrected chi connectivity index (χ4v) is 3.04. The van der Waals surface area contributed by atoms with Crippen LogP contribution in [0.15, 0.2) is 42.5 Å². The van der Waals surface area contributed by atoms with Gasteiger partial charge in [0.25, 0.3) is 0 Å². The molecule has 0 unspecified atom stereocenters. The molecule has 1 aliphatic rings. The van der Waals surface area contributed by atoms with Crippen LogP contribution in [0.3, 0.4) is 0 Å². The molecule has 0 aromatic heterocycles. The fourth-order valence-electron chi connectivity index (χ4n) is 2.92. The summed E-state index contributed by atoms with van der Waals surface area (Å²) in [5.41, 5.74) is 6.21. The Labute approximate surface area is 174 Å². The van der Waals surface area contributed by atoms with Gasteiger partial charge in [0, 0.05) is 12.3 Å². The molecule has 0 atom stereocenters. The molecule has 0 bridgehead atoms. The standard InChI is InChI=1S/C17H17NO2S.C4H6O4/c19-17(18-8-9-21)20-11-13-5-3-7-15-14-6-2-1-4-12(14)10-16(13)15;5-3(6)1-2-4(7)8/h1-7,21H,8-11H2,(H,18,19);1-2H2,(H,5,6)(H,7,8). The van der Waals surface area contributed by atoms with Crippen LogP contribution in [0.2, 0.25) is 0 Å². The van der Waals surface area contributed by atoms with Gasteiger partial charge in [0.2, 0.25) is 0 Å². The number of carboxylic acid groups (broad SMARTS) is 2. The molecule has 29 heavy (non-hydrogen) atoms. The Kier molecular flexibility index (Phi) is 8.54. The van der Waals surface area contributed by atoms with Crippen LogP contribution in [-0.4, -0.2) is 40.5 Å². The van der Waals surface area contributed by atoms with Crippen molar-refractivity contribution in [3.05, 3.63) is 59.2 Å². The number of amides is 1. The van der Waals surface area contributed by atoms with E-state index in [0.29, 0.717) is 18.9 Å². The minimum atomic E-state index is -1.08. The third-order valence-corrected chi connectivity index (χ3v) is 4.46. The molecule has 8 heteroatoms. The molecular weight excluding hydrogens is 394 g/mol. The summed E-state index contributed by atoms with van der Waals surface area (Å²) < 4.78 is 5.27. The molecular formula is C21H23NO6S. The fraction of sp³-hybridized carbons (Fsp3) is 0.286. The monoisotopic (exact) mass is 417 g/mol. The zero-order valence-corrected chi connectivity index (χ0v) is 16.7. The van der Waals surface area contributed by atoms with Crippen LogP contribution in [-0.2, 0) is 27.4 Å². The summed E-state index contributed by atoms with van der Waals surface area (Å²) in [5, 5.41) is 18.4. The smallest absolute Gasteiger partial charge is 0.407 e. The summed E-state index contributed by atoms with van der Waals surface area (Å²) in [6, 6.07) is 14.6. The van der Waals surface area contributed by atoms with E-state index in [-0.39, 0.29) is 12.8 Å². The average Bonchev–Trinajstić information content (AvgIpc) is 3.09. The van der Waals surface area contributed by atoms with Gasteiger partial charge >= 0.3 is 18.0 Å². The van der Waals surface area contributed by atoms with Crippen molar-refractivity contribution in [1.29, 1.82) is 0 Å². The Morgan fingerprint density at radius 2 is 1.62 bits per heavy atom. The number of carboxylic acids is 2. The number of rotatable bonds is 7. The molecule has 0 saturated heterocycles.